The van der Waals surface area contributed by atoms with Gasteiger partial charge in [-0.05, 0) is 24.6 Å². The first-order valence-electron chi connectivity index (χ1n) is 3.81. The van der Waals surface area contributed by atoms with E-state index < -0.39 is 5.97 Å². The minimum atomic E-state index is -1.02. The van der Waals surface area contributed by atoms with E-state index in [4.69, 9.17) is 9.84 Å². The van der Waals surface area contributed by atoms with Crippen LogP contribution in [-0.4, -0.2) is 11.1 Å². The lowest BCUT2D eigenvalue weighted by Gasteiger charge is -1.99. The molecule has 0 aliphatic rings. The van der Waals surface area contributed by atoms with E-state index in [2.05, 4.69) is 0 Å². The first kappa shape index (κ1) is 9.32. The van der Waals surface area contributed by atoms with E-state index in [1.54, 1.807) is 6.07 Å². The number of ether oxygens (including phenoxy) is 1. The highest BCUT2D eigenvalue weighted by Gasteiger charge is 1.91. The Morgan fingerprint density at radius 3 is 2.92 bits per heavy atom. The summed E-state index contributed by atoms with van der Waals surface area (Å²) in [4.78, 5) is 10.1. The maximum atomic E-state index is 10.1. The summed E-state index contributed by atoms with van der Waals surface area (Å²) in [5.74, 6) is -0.384. The zero-order valence-electron chi connectivity index (χ0n) is 7.23. The number of carboxylic acids is 1. The fraction of sp³-hybridized carbons (Fsp3) is 0.100. The van der Waals surface area contributed by atoms with Crippen LogP contribution < -0.4 is 4.74 Å². The van der Waals surface area contributed by atoms with Gasteiger partial charge in [-0.1, -0.05) is 12.1 Å². The van der Waals surface area contributed by atoms with Crippen LogP contribution in [0.5, 0.6) is 5.75 Å². The average molecular weight is 178 g/mol. The molecular formula is C10H10O3. The molecular weight excluding hydrogens is 168 g/mol. The Bertz CT molecular complexity index is 329. The summed E-state index contributed by atoms with van der Waals surface area (Å²) in [6, 6.07) is 7.37. The van der Waals surface area contributed by atoms with Gasteiger partial charge in [-0.25, -0.2) is 4.79 Å². The highest BCUT2D eigenvalue weighted by molar-refractivity contribution is 5.79. The molecule has 0 amide bonds. The lowest BCUT2D eigenvalue weighted by Crippen LogP contribution is -1.89. The minimum absolute atomic E-state index is 0.637. The number of hydrogen-bond donors (Lipinski definition) is 1. The molecule has 3 heteroatoms. The molecule has 0 saturated carbocycles. The van der Waals surface area contributed by atoms with Crippen molar-refractivity contribution in [1.29, 1.82) is 0 Å². The predicted molar refractivity (Wildman–Crippen MR) is 48.6 cm³/mol. The Hall–Kier alpha value is -1.77. The Morgan fingerprint density at radius 1 is 1.54 bits per heavy atom. The van der Waals surface area contributed by atoms with Crippen LogP contribution in [0.2, 0.25) is 0 Å². The molecule has 0 aliphatic carbocycles. The van der Waals surface area contributed by atoms with Crippen LogP contribution >= 0.6 is 0 Å². The van der Waals surface area contributed by atoms with Crippen molar-refractivity contribution in [2.45, 2.75) is 6.92 Å². The zero-order valence-corrected chi connectivity index (χ0v) is 7.23. The Balaban J connectivity index is 2.59. The SMILES string of the molecule is Cc1cccc(O/C=C/C(=O)O)c1. The van der Waals surface area contributed by atoms with Gasteiger partial charge in [-0.15, -0.1) is 0 Å². The van der Waals surface area contributed by atoms with Crippen LogP contribution in [-0.2, 0) is 4.79 Å². The van der Waals surface area contributed by atoms with Crippen molar-refractivity contribution >= 4 is 5.97 Å². The third-order valence-electron chi connectivity index (χ3n) is 1.40. The standard InChI is InChI=1S/C10H10O3/c1-8-3-2-4-9(7-8)13-6-5-10(11)12/h2-7H,1H3,(H,11,12)/b6-5+. The molecule has 0 atom stereocenters. The Labute approximate surface area is 76.3 Å². The van der Waals surface area contributed by atoms with Crippen molar-refractivity contribution in [2.24, 2.45) is 0 Å². The summed E-state index contributed by atoms with van der Waals surface area (Å²) < 4.78 is 5.04. The normalized spacial score (nSPS) is 10.2. The lowest BCUT2D eigenvalue weighted by atomic mass is 10.2. The molecule has 1 rings (SSSR count). The van der Waals surface area contributed by atoms with Gasteiger partial charge in [0.2, 0.25) is 0 Å². The van der Waals surface area contributed by atoms with Gasteiger partial charge in [0, 0.05) is 0 Å². The zero-order chi connectivity index (χ0) is 9.68. The van der Waals surface area contributed by atoms with E-state index in [9.17, 15) is 4.79 Å². The molecule has 1 N–H and O–H groups in total. The molecule has 0 spiro atoms. The highest BCUT2D eigenvalue weighted by atomic mass is 16.5. The van der Waals surface area contributed by atoms with Crippen molar-refractivity contribution < 1.29 is 14.6 Å². The van der Waals surface area contributed by atoms with Gasteiger partial charge in [-0.3, -0.25) is 0 Å². The third-order valence-corrected chi connectivity index (χ3v) is 1.40. The van der Waals surface area contributed by atoms with Gasteiger partial charge in [0.15, 0.2) is 0 Å². The van der Waals surface area contributed by atoms with E-state index >= 15 is 0 Å². The summed E-state index contributed by atoms with van der Waals surface area (Å²) in [5.41, 5.74) is 1.07. The molecule has 0 aliphatic heterocycles. The van der Waals surface area contributed by atoms with Crippen molar-refractivity contribution in [1.82, 2.24) is 0 Å². The van der Waals surface area contributed by atoms with Gasteiger partial charge < -0.3 is 9.84 Å². The number of benzene rings is 1. The topological polar surface area (TPSA) is 46.5 Å². The van der Waals surface area contributed by atoms with E-state index in [0.717, 1.165) is 17.9 Å². The molecule has 0 radical (unpaired) electrons. The number of carbonyl (C=O) groups is 1. The van der Waals surface area contributed by atoms with Crippen molar-refractivity contribution in [3.63, 3.8) is 0 Å². The number of hydrogen-bond acceptors (Lipinski definition) is 2. The molecule has 0 aromatic heterocycles. The fourth-order valence-electron chi connectivity index (χ4n) is 0.859. The van der Waals surface area contributed by atoms with Crippen molar-refractivity contribution in [3.8, 4) is 5.75 Å². The van der Waals surface area contributed by atoms with Gasteiger partial charge in [0.25, 0.3) is 0 Å². The van der Waals surface area contributed by atoms with Gasteiger partial charge in [0.1, 0.15) is 5.75 Å². The highest BCUT2D eigenvalue weighted by Crippen LogP contribution is 2.12. The van der Waals surface area contributed by atoms with Crippen LogP contribution in [0.1, 0.15) is 5.56 Å². The molecule has 0 bridgehead atoms. The van der Waals surface area contributed by atoms with Crippen LogP contribution in [0.3, 0.4) is 0 Å². The monoisotopic (exact) mass is 178 g/mol. The maximum Gasteiger partial charge on any atom is 0.331 e. The second-order valence-electron chi connectivity index (χ2n) is 2.58. The number of carboxylic acid groups (broad SMARTS) is 1. The third kappa shape index (κ3) is 3.42. The van der Waals surface area contributed by atoms with Crippen LogP contribution in [0.25, 0.3) is 0 Å². The Kier molecular flexibility index (Phi) is 3.09. The summed E-state index contributed by atoms with van der Waals surface area (Å²) in [6.45, 7) is 1.94. The predicted octanol–water partition coefficient (Wildman–Crippen LogP) is 1.97. The van der Waals surface area contributed by atoms with Gasteiger partial charge in [0.05, 0.1) is 12.3 Å². The number of aryl methyl sites for hydroxylation is 1. The molecule has 13 heavy (non-hydrogen) atoms. The van der Waals surface area contributed by atoms with E-state index in [-0.39, 0.29) is 0 Å². The van der Waals surface area contributed by atoms with Crippen molar-refractivity contribution in [3.05, 3.63) is 42.2 Å². The van der Waals surface area contributed by atoms with Gasteiger partial charge >= 0.3 is 5.97 Å². The molecule has 1 aromatic rings. The number of aliphatic carboxylic acids is 1. The summed E-state index contributed by atoms with van der Waals surface area (Å²) >= 11 is 0. The van der Waals surface area contributed by atoms with Crippen molar-refractivity contribution in [2.75, 3.05) is 0 Å². The lowest BCUT2D eigenvalue weighted by molar-refractivity contribution is -0.131. The van der Waals surface area contributed by atoms with Crippen LogP contribution in [0.4, 0.5) is 0 Å². The fourth-order valence-corrected chi connectivity index (χ4v) is 0.859. The quantitative estimate of drug-likeness (QED) is 0.568. The minimum Gasteiger partial charge on any atom is -0.478 e. The molecule has 0 heterocycles. The largest absolute Gasteiger partial charge is 0.478 e. The van der Waals surface area contributed by atoms with E-state index in [1.807, 2.05) is 25.1 Å². The molecule has 0 saturated heterocycles. The van der Waals surface area contributed by atoms with E-state index in [0.29, 0.717) is 5.75 Å². The summed E-state index contributed by atoms with van der Waals surface area (Å²) in [6.07, 6.45) is 2.10. The smallest absolute Gasteiger partial charge is 0.331 e. The maximum absolute atomic E-state index is 10.1. The summed E-state index contributed by atoms with van der Waals surface area (Å²) in [5, 5.41) is 8.28. The second-order valence-corrected chi connectivity index (χ2v) is 2.58. The molecule has 68 valence electrons. The Morgan fingerprint density at radius 2 is 2.31 bits per heavy atom. The molecule has 0 fully saturated rings. The summed E-state index contributed by atoms with van der Waals surface area (Å²) in [7, 11) is 0. The molecule has 0 unspecified atom stereocenters. The molecule has 1 aromatic carbocycles. The van der Waals surface area contributed by atoms with E-state index in [1.165, 1.54) is 0 Å². The number of rotatable bonds is 3. The first-order chi connectivity index (χ1) is 6.18. The molecule has 3 nitrogen and oxygen atoms in total. The average Bonchev–Trinajstić information content (AvgIpc) is 2.03. The second kappa shape index (κ2) is 4.30. The van der Waals surface area contributed by atoms with Gasteiger partial charge in [-0.2, -0.15) is 0 Å². The first-order valence-corrected chi connectivity index (χ1v) is 3.81. The van der Waals surface area contributed by atoms with Crippen LogP contribution in [0.15, 0.2) is 36.6 Å². The van der Waals surface area contributed by atoms with Crippen LogP contribution in [0, 0.1) is 6.92 Å².